The maximum atomic E-state index is 13.0. The van der Waals surface area contributed by atoms with Crippen LogP contribution in [0.1, 0.15) is 74.2 Å². The number of hydrogen-bond acceptors (Lipinski definition) is 4. The van der Waals surface area contributed by atoms with Crippen molar-refractivity contribution < 1.29 is 4.79 Å². The zero-order valence-electron chi connectivity index (χ0n) is 16.1. The van der Waals surface area contributed by atoms with Gasteiger partial charge in [-0.25, -0.2) is 9.78 Å². The summed E-state index contributed by atoms with van der Waals surface area (Å²) in [7, 11) is 0. The molecule has 1 saturated heterocycles. The van der Waals surface area contributed by atoms with Gasteiger partial charge in [0.15, 0.2) is 0 Å². The van der Waals surface area contributed by atoms with Crippen LogP contribution in [0.5, 0.6) is 0 Å². The summed E-state index contributed by atoms with van der Waals surface area (Å²) >= 11 is 0. The minimum Gasteiger partial charge on any atom is -0.339 e. The van der Waals surface area contributed by atoms with Gasteiger partial charge in [-0.2, -0.15) is 0 Å². The Morgan fingerprint density at radius 1 is 1.07 bits per heavy atom. The normalized spacial score (nSPS) is 21.9. The Bertz CT molecular complexity index is 1030. The summed E-state index contributed by atoms with van der Waals surface area (Å²) in [5, 5.41) is 0.318. The predicted octanol–water partition coefficient (Wildman–Crippen LogP) is 2.61. The number of nitrogens with one attached hydrogen (secondary N) is 1. The van der Waals surface area contributed by atoms with Gasteiger partial charge < -0.3 is 4.90 Å². The van der Waals surface area contributed by atoms with E-state index in [0.29, 0.717) is 22.0 Å². The van der Waals surface area contributed by atoms with Crippen LogP contribution < -0.4 is 11.2 Å². The largest absolute Gasteiger partial charge is 0.339 e. The second kappa shape index (κ2) is 6.57. The van der Waals surface area contributed by atoms with Crippen LogP contribution >= 0.6 is 0 Å². The number of amides is 1. The molecule has 28 heavy (non-hydrogen) atoms. The molecule has 2 aromatic rings. The molecule has 148 valence electrons. The summed E-state index contributed by atoms with van der Waals surface area (Å²) < 4.78 is 1.55. The summed E-state index contributed by atoms with van der Waals surface area (Å²) in [6.45, 7) is 1.55. The highest BCUT2D eigenvalue weighted by Gasteiger charge is 2.37. The third-order valence-corrected chi connectivity index (χ3v) is 6.96. The Labute approximate surface area is 162 Å². The fraction of sp³-hybridized carbons (Fsp3) is 0.619. The van der Waals surface area contributed by atoms with Crippen molar-refractivity contribution in [3.8, 4) is 0 Å². The van der Waals surface area contributed by atoms with E-state index in [2.05, 4.69) is 9.97 Å². The van der Waals surface area contributed by atoms with Gasteiger partial charge in [0, 0.05) is 25.3 Å². The first-order valence-corrected chi connectivity index (χ1v) is 10.5. The topological polar surface area (TPSA) is 88.1 Å². The number of fused-ring (bicyclic) bond motifs is 1. The Hall–Kier alpha value is -2.44. The van der Waals surface area contributed by atoms with Gasteiger partial charge in [0.2, 0.25) is 0 Å². The van der Waals surface area contributed by atoms with Gasteiger partial charge in [-0.05, 0) is 50.0 Å². The standard InChI is InChI=1S/C21H26N4O3/c26-18-16-12-14(13-22-17(16)25(15-4-5-15)20(28)23-18)19(27)24-10-8-21(9-11-24)6-2-1-3-7-21/h12-13,15H,1-11H2,(H,23,26,28). The molecule has 2 aromatic heterocycles. The molecule has 7 nitrogen and oxygen atoms in total. The van der Waals surface area contributed by atoms with Crippen molar-refractivity contribution in [3.05, 3.63) is 38.7 Å². The van der Waals surface area contributed by atoms with E-state index in [9.17, 15) is 14.4 Å². The van der Waals surface area contributed by atoms with Crippen LogP contribution in [0.25, 0.3) is 11.0 Å². The quantitative estimate of drug-likeness (QED) is 0.865. The van der Waals surface area contributed by atoms with E-state index < -0.39 is 11.2 Å². The van der Waals surface area contributed by atoms with E-state index >= 15 is 0 Å². The van der Waals surface area contributed by atoms with E-state index in [1.165, 1.54) is 38.3 Å². The number of likely N-dealkylation sites (tertiary alicyclic amines) is 1. The van der Waals surface area contributed by atoms with E-state index in [0.717, 1.165) is 38.8 Å². The van der Waals surface area contributed by atoms with Gasteiger partial charge in [0.1, 0.15) is 5.65 Å². The number of H-pyrrole nitrogens is 1. The zero-order valence-corrected chi connectivity index (χ0v) is 16.1. The van der Waals surface area contributed by atoms with Crippen molar-refractivity contribution in [1.29, 1.82) is 0 Å². The Morgan fingerprint density at radius 2 is 1.79 bits per heavy atom. The van der Waals surface area contributed by atoms with Crippen LogP contribution in [0.4, 0.5) is 0 Å². The predicted molar refractivity (Wildman–Crippen MR) is 106 cm³/mol. The first-order chi connectivity index (χ1) is 13.6. The molecule has 3 aliphatic rings. The highest BCUT2D eigenvalue weighted by molar-refractivity contribution is 5.96. The minimum absolute atomic E-state index is 0.0661. The fourth-order valence-electron chi connectivity index (χ4n) is 5.09. The number of aromatic amines is 1. The van der Waals surface area contributed by atoms with Crippen LogP contribution in [0.15, 0.2) is 21.9 Å². The number of nitrogens with zero attached hydrogens (tertiary/aromatic N) is 3. The molecular weight excluding hydrogens is 356 g/mol. The number of carbonyl (C=O) groups is 1. The molecule has 1 aliphatic heterocycles. The van der Waals surface area contributed by atoms with E-state index in [1.54, 1.807) is 10.6 Å². The summed E-state index contributed by atoms with van der Waals surface area (Å²) in [5.74, 6) is -0.0661. The highest BCUT2D eigenvalue weighted by atomic mass is 16.2. The van der Waals surface area contributed by atoms with Crippen molar-refractivity contribution in [3.63, 3.8) is 0 Å². The minimum atomic E-state index is -0.473. The first kappa shape index (κ1) is 17.6. The molecule has 7 heteroatoms. The van der Waals surface area contributed by atoms with Crippen LogP contribution in [-0.4, -0.2) is 38.4 Å². The monoisotopic (exact) mass is 382 g/mol. The summed E-state index contributed by atoms with van der Waals surface area (Å²) in [6, 6.07) is 1.71. The Balaban J connectivity index is 1.41. The Kier molecular flexibility index (Phi) is 4.14. The van der Waals surface area contributed by atoms with Crippen LogP contribution in [0.3, 0.4) is 0 Å². The lowest BCUT2D eigenvalue weighted by Crippen LogP contribution is -2.44. The molecule has 0 bridgehead atoms. The molecule has 3 fully saturated rings. The van der Waals surface area contributed by atoms with Crippen LogP contribution in [0, 0.1) is 5.41 Å². The molecule has 1 spiro atoms. The molecule has 1 N–H and O–H groups in total. The van der Waals surface area contributed by atoms with Crippen molar-refractivity contribution in [2.24, 2.45) is 5.41 Å². The van der Waals surface area contributed by atoms with Crippen molar-refractivity contribution >= 4 is 16.9 Å². The van der Waals surface area contributed by atoms with Gasteiger partial charge in [0.05, 0.1) is 10.9 Å². The molecule has 1 amide bonds. The molecule has 0 aromatic carbocycles. The summed E-state index contributed by atoms with van der Waals surface area (Å²) in [6.07, 6.45) is 12.0. The number of aromatic nitrogens is 3. The number of rotatable bonds is 2. The first-order valence-electron chi connectivity index (χ1n) is 10.5. The van der Waals surface area contributed by atoms with Gasteiger partial charge in [-0.1, -0.05) is 19.3 Å². The number of piperidine rings is 1. The lowest BCUT2D eigenvalue weighted by Gasteiger charge is -2.44. The van der Waals surface area contributed by atoms with Gasteiger partial charge >= 0.3 is 5.69 Å². The zero-order chi connectivity index (χ0) is 19.3. The summed E-state index contributed by atoms with van der Waals surface area (Å²) in [5.41, 5.74) is 0.360. The van der Waals surface area contributed by atoms with Crippen LogP contribution in [0.2, 0.25) is 0 Å². The summed E-state index contributed by atoms with van der Waals surface area (Å²) in [4.78, 5) is 46.1. The molecule has 5 rings (SSSR count). The molecule has 0 unspecified atom stereocenters. The lowest BCUT2D eigenvalue weighted by atomic mass is 9.68. The van der Waals surface area contributed by atoms with Crippen LogP contribution in [-0.2, 0) is 0 Å². The lowest BCUT2D eigenvalue weighted by molar-refractivity contribution is 0.0472. The number of carbonyl (C=O) groups excluding carboxylic acids is 1. The maximum absolute atomic E-state index is 13.0. The molecule has 0 atom stereocenters. The molecular formula is C21H26N4O3. The average Bonchev–Trinajstić information content (AvgIpc) is 3.54. The second-order valence-corrected chi connectivity index (χ2v) is 8.81. The molecule has 3 heterocycles. The average molecular weight is 382 g/mol. The van der Waals surface area contributed by atoms with Gasteiger partial charge in [-0.3, -0.25) is 19.1 Å². The third-order valence-electron chi connectivity index (χ3n) is 6.96. The number of pyridine rings is 1. The Morgan fingerprint density at radius 3 is 2.46 bits per heavy atom. The van der Waals surface area contributed by atoms with Gasteiger partial charge in [0.25, 0.3) is 11.5 Å². The molecule has 0 radical (unpaired) electrons. The highest BCUT2D eigenvalue weighted by Crippen LogP contribution is 2.44. The molecule has 2 aliphatic carbocycles. The third kappa shape index (κ3) is 2.97. The van der Waals surface area contributed by atoms with E-state index in [1.807, 2.05) is 4.90 Å². The van der Waals surface area contributed by atoms with Crippen molar-refractivity contribution in [2.75, 3.05) is 13.1 Å². The molecule has 2 saturated carbocycles. The fourth-order valence-corrected chi connectivity index (χ4v) is 5.09. The van der Waals surface area contributed by atoms with E-state index in [-0.39, 0.29) is 11.9 Å². The van der Waals surface area contributed by atoms with Crippen molar-refractivity contribution in [1.82, 2.24) is 19.4 Å². The SMILES string of the molecule is O=C(c1cnc2c(c1)c(=O)[nH]c(=O)n2C1CC1)N1CCC2(CCCCC2)CC1. The van der Waals surface area contributed by atoms with Gasteiger partial charge in [-0.15, -0.1) is 0 Å². The number of hydrogen-bond donors (Lipinski definition) is 1. The van der Waals surface area contributed by atoms with E-state index in [4.69, 9.17) is 0 Å². The van der Waals surface area contributed by atoms with Crippen molar-refractivity contribution in [2.45, 2.75) is 63.8 Å². The maximum Gasteiger partial charge on any atom is 0.330 e. The second-order valence-electron chi connectivity index (χ2n) is 8.81. The smallest absolute Gasteiger partial charge is 0.330 e.